The molecule has 0 aromatic rings. The van der Waals surface area contributed by atoms with E-state index >= 15 is 0 Å². The van der Waals surface area contributed by atoms with Crippen LogP contribution in [0.3, 0.4) is 0 Å². The normalized spacial score (nSPS) is 31.1. The van der Waals surface area contributed by atoms with Gasteiger partial charge in [0.2, 0.25) is 0 Å². The van der Waals surface area contributed by atoms with E-state index in [-0.39, 0.29) is 17.0 Å². The molecule has 3 nitrogen and oxygen atoms in total. The lowest BCUT2D eigenvalue weighted by atomic mass is 9.82. The van der Waals surface area contributed by atoms with Gasteiger partial charge in [-0.2, -0.15) is 0 Å². The van der Waals surface area contributed by atoms with Crippen LogP contribution in [0.5, 0.6) is 0 Å². The van der Waals surface area contributed by atoms with E-state index in [4.69, 9.17) is 0 Å². The lowest BCUT2D eigenvalue weighted by Gasteiger charge is -2.31. The Hall–Kier alpha value is -0.380. The largest absolute Gasteiger partial charge is 0.300 e. The Kier molecular flexibility index (Phi) is 2.05. The number of hydrogen-bond acceptors (Lipinski definition) is 3. The molecule has 4 heteroatoms. The van der Waals surface area contributed by atoms with Crippen molar-refractivity contribution in [1.82, 2.24) is 0 Å². The van der Waals surface area contributed by atoms with E-state index in [9.17, 15) is 13.2 Å². The van der Waals surface area contributed by atoms with Gasteiger partial charge >= 0.3 is 0 Å². The van der Waals surface area contributed by atoms with Gasteiger partial charge < -0.3 is 0 Å². The van der Waals surface area contributed by atoms with Gasteiger partial charge in [-0.05, 0) is 19.8 Å². The summed E-state index contributed by atoms with van der Waals surface area (Å²) in [7, 11) is -2.88. The number of carbonyl (C=O) groups excluding carboxylic acids is 1. The Labute approximate surface area is 66.7 Å². The van der Waals surface area contributed by atoms with Gasteiger partial charge in [0.1, 0.15) is 15.6 Å². The first-order valence-corrected chi connectivity index (χ1v) is 5.56. The van der Waals surface area contributed by atoms with Crippen molar-refractivity contribution in [2.24, 2.45) is 5.92 Å². The van der Waals surface area contributed by atoms with Gasteiger partial charge in [0.05, 0.1) is 5.25 Å². The summed E-state index contributed by atoms with van der Waals surface area (Å²) in [6, 6.07) is 0. The van der Waals surface area contributed by atoms with E-state index in [1.54, 1.807) is 0 Å². The standard InChI is InChI=1S/C7H12O3S/c1-5(8)6-3-7(4-6)11(2,9)10/h6-7H,3-4H2,1-2H3/t6-,7+. The summed E-state index contributed by atoms with van der Waals surface area (Å²) in [5, 5.41) is -0.253. The molecule has 0 aliphatic heterocycles. The van der Waals surface area contributed by atoms with Gasteiger partial charge in [-0.15, -0.1) is 0 Å². The molecule has 0 unspecified atom stereocenters. The Balaban J connectivity index is 2.48. The lowest BCUT2D eigenvalue weighted by Crippen LogP contribution is -2.38. The predicted octanol–water partition coefficient (Wildman–Crippen LogP) is 0.399. The second kappa shape index (κ2) is 2.59. The molecule has 0 aromatic carbocycles. The van der Waals surface area contributed by atoms with Crippen molar-refractivity contribution in [2.75, 3.05) is 6.26 Å². The van der Waals surface area contributed by atoms with E-state index in [1.165, 1.54) is 13.2 Å². The molecule has 1 fully saturated rings. The van der Waals surface area contributed by atoms with Gasteiger partial charge in [0.15, 0.2) is 0 Å². The molecule has 0 atom stereocenters. The van der Waals surface area contributed by atoms with Crippen molar-refractivity contribution in [2.45, 2.75) is 25.0 Å². The van der Waals surface area contributed by atoms with Crippen LogP contribution in [0.1, 0.15) is 19.8 Å². The van der Waals surface area contributed by atoms with Crippen LogP contribution in [0.25, 0.3) is 0 Å². The molecular formula is C7H12O3S. The topological polar surface area (TPSA) is 51.2 Å². The van der Waals surface area contributed by atoms with Crippen LogP contribution in [0.15, 0.2) is 0 Å². The summed E-state index contributed by atoms with van der Waals surface area (Å²) in [5.41, 5.74) is 0. The summed E-state index contributed by atoms with van der Waals surface area (Å²) >= 11 is 0. The Morgan fingerprint density at radius 2 is 1.82 bits per heavy atom. The maximum atomic E-state index is 10.9. The zero-order valence-electron chi connectivity index (χ0n) is 6.70. The first-order chi connectivity index (χ1) is 4.91. The van der Waals surface area contributed by atoms with Crippen LogP contribution in [0.4, 0.5) is 0 Å². The second-order valence-corrected chi connectivity index (χ2v) is 5.56. The Morgan fingerprint density at radius 3 is 2.09 bits per heavy atom. The van der Waals surface area contributed by atoms with Gasteiger partial charge in [0, 0.05) is 12.2 Å². The third kappa shape index (κ3) is 1.80. The number of sulfone groups is 1. The minimum atomic E-state index is -2.88. The molecule has 0 bridgehead atoms. The average Bonchev–Trinajstić information content (AvgIpc) is 1.51. The summed E-state index contributed by atoms with van der Waals surface area (Å²) in [6.07, 6.45) is 2.30. The number of hydrogen-bond donors (Lipinski definition) is 0. The van der Waals surface area contributed by atoms with Crippen LogP contribution < -0.4 is 0 Å². The summed E-state index contributed by atoms with van der Waals surface area (Å²) < 4.78 is 21.7. The molecule has 1 aliphatic carbocycles. The van der Waals surface area contributed by atoms with Gasteiger partial charge in [0.25, 0.3) is 0 Å². The van der Waals surface area contributed by atoms with Crippen molar-refractivity contribution in [3.05, 3.63) is 0 Å². The Bertz CT molecular complexity index is 259. The van der Waals surface area contributed by atoms with E-state index in [2.05, 4.69) is 0 Å². The maximum Gasteiger partial charge on any atom is 0.150 e. The number of Topliss-reactive ketones (excluding diaryl/α,β-unsaturated/α-hetero) is 1. The third-order valence-electron chi connectivity index (χ3n) is 2.28. The van der Waals surface area contributed by atoms with Crippen molar-refractivity contribution < 1.29 is 13.2 Å². The van der Waals surface area contributed by atoms with Gasteiger partial charge in [-0.25, -0.2) is 8.42 Å². The molecule has 64 valence electrons. The third-order valence-corrected chi connectivity index (χ3v) is 3.87. The summed E-state index contributed by atoms with van der Waals surface area (Å²) in [4.78, 5) is 10.7. The van der Waals surface area contributed by atoms with Crippen molar-refractivity contribution in [3.63, 3.8) is 0 Å². The summed E-state index contributed by atoms with van der Waals surface area (Å²) in [6.45, 7) is 1.52. The van der Waals surface area contributed by atoms with Crippen LogP contribution in [0.2, 0.25) is 0 Å². The monoisotopic (exact) mass is 176 g/mol. The van der Waals surface area contributed by atoms with Crippen molar-refractivity contribution in [3.8, 4) is 0 Å². The fraction of sp³-hybridized carbons (Fsp3) is 0.857. The Morgan fingerprint density at radius 1 is 1.36 bits per heavy atom. The molecule has 0 radical (unpaired) electrons. The molecule has 1 aliphatic rings. The number of carbonyl (C=O) groups is 1. The van der Waals surface area contributed by atoms with Gasteiger partial charge in [-0.3, -0.25) is 4.79 Å². The quantitative estimate of drug-likeness (QED) is 0.612. The minimum Gasteiger partial charge on any atom is -0.300 e. The highest BCUT2D eigenvalue weighted by atomic mass is 32.2. The molecule has 0 N–H and O–H groups in total. The SMILES string of the molecule is CC(=O)[C@H]1C[C@@H](S(C)(=O)=O)C1. The van der Waals surface area contributed by atoms with E-state index in [0.717, 1.165) is 0 Å². The average molecular weight is 176 g/mol. The van der Waals surface area contributed by atoms with Crippen molar-refractivity contribution >= 4 is 15.6 Å². The first kappa shape index (κ1) is 8.71. The fourth-order valence-corrected chi connectivity index (χ4v) is 2.41. The van der Waals surface area contributed by atoms with E-state index in [1.807, 2.05) is 0 Å². The molecule has 0 heterocycles. The van der Waals surface area contributed by atoms with Crippen LogP contribution >= 0.6 is 0 Å². The van der Waals surface area contributed by atoms with Crippen LogP contribution in [-0.2, 0) is 14.6 Å². The highest BCUT2D eigenvalue weighted by molar-refractivity contribution is 7.91. The van der Waals surface area contributed by atoms with E-state index in [0.29, 0.717) is 12.8 Å². The fourth-order valence-electron chi connectivity index (χ4n) is 1.25. The zero-order chi connectivity index (χ0) is 8.65. The highest BCUT2D eigenvalue weighted by Gasteiger charge is 2.38. The maximum absolute atomic E-state index is 10.9. The zero-order valence-corrected chi connectivity index (χ0v) is 7.52. The molecular weight excluding hydrogens is 164 g/mol. The molecule has 0 saturated heterocycles. The number of ketones is 1. The molecule has 1 rings (SSSR count). The number of rotatable bonds is 2. The lowest BCUT2D eigenvalue weighted by molar-refractivity contribution is -0.122. The first-order valence-electron chi connectivity index (χ1n) is 3.60. The minimum absolute atomic E-state index is 0.00900. The highest BCUT2D eigenvalue weighted by Crippen LogP contribution is 2.32. The van der Waals surface area contributed by atoms with E-state index < -0.39 is 9.84 Å². The van der Waals surface area contributed by atoms with Gasteiger partial charge in [-0.1, -0.05) is 0 Å². The smallest absolute Gasteiger partial charge is 0.150 e. The predicted molar refractivity (Wildman–Crippen MR) is 42.0 cm³/mol. The molecule has 0 spiro atoms. The molecule has 1 saturated carbocycles. The molecule has 11 heavy (non-hydrogen) atoms. The molecule has 0 amide bonds. The molecule has 0 aromatic heterocycles. The van der Waals surface area contributed by atoms with Crippen LogP contribution in [-0.4, -0.2) is 25.7 Å². The van der Waals surface area contributed by atoms with Crippen molar-refractivity contribution in [1.29, 1.82) is 0 Å². The van der Waals surface area contributed by atoms with Crippen LogP contribution in [0, 0.1) is 5.92 Å². The second-order valence-electron chi connectivity index (χ2n) is 3.23. The summed E-state index contributed by atoms with van der Waals surface area (Å²) in [5.74, 6) is 0.125.